The van der Waals surface area contributed by atoms with Crippen LogP contribution >= 0.6 is 0 Å². The van der Waals surface area contributed by atoms with Gasteiger partial charge in [0.25, 0.3) is 0 Å². The summed E-state index contributed by atoms with van der Waals surface area (Å²) in [5.74, 6) is 0. The maximum absolute atomic E-state index is 4.98. The monoisotopic (exact) mass is 180 g/mol. The molecule has 0 aromatic heterocycles. The Balaban J connectivity index is 2.07. The van der Waals surface area contributed by atoms with E-state index in [4.69, 9.17) is 9.78 Å². The zero-order valence-corrected chi connectivity index (χ0v) is 8.03. The van der Waals surface area contributed by atoms with Crippen molar-refractivity contribution in [2.75, 3.05) is 13.2 Å². The van der Waals surface area contributed by atoms with E-state index in [9.17, 15) is 0 Å². The van der Waals surface area contributed by atoms with Gasteiger partial charge in [-0.25, -0.2) is 9.78 Å². The van der Waals surface area contributed by atoms with Gasteiger partial charge in [-0.3, -0.25) is 0 Å². The Bertz CT molecular complexity index is 209. The summed E-state index contributed by atoms with van der Waals surface area (Å²) >= 11 is 0. The molecular formula is C11H16O2. The van der Waals surface area contributed by atoms with Crippen LogP contribution in [0.4, 0.5) is 0 Å². The van der Waals surface area contributed by atoms with Gasteiger partial charge in [0.1, 0.15) is 0 Å². The number of rotatable bonds is 6. The predicted octanol–water partition coefficient (Wildman–Crippen LogP) is 2.59. The molecular weight excluding hydrogens is 164 g/mol. The van der Waals surface area contributed by atoms with Gasteiger partial charge in [-0.15, -0.1) is 0 Å². The van der Waals surface area contributed by atoms with Gasteiger partial charge in [0, 0.05) is 0 Å². The first kappa shape index (κ1) is 10.2. The van der Waals surface area contributed by atoms with Crippen LogP contribution in [0.15, 0.2) is 30.3 Å². The molecule has 1 aromatic rings. The van der Waals surface area contributed by atoms with Crippen LogP contribution in [0.2, 0.25) is 0 Å². The Hall–Kier alpha value is -0.860. The van der Waals surface area contributed by atoms with Crippen LogP contribution in [0.5, 0.6) is 0 Å². The molecule has 0 aliphatic rings. The Morgan fingerprint density at radius 1 is 1.00 bits per heavy atom. The Labute approximate surface area is 79.4 Å². The first-order chi connectivity index (χ1) is 6.43. The van der Waals surface area contributed by atoms with Crippen LogP contribution in [0, 0.1) is 0 Å². The van der Waals surface area contributed by atoms with Crippen molar-refractivity contribution in [2.45, 2.75) is 19.8 Å². The lowest BCUT2D eigenvalue weighted by atomic mass is 10.2. The lowest BCUT2D eigenvalue weighted by molar-refractivity contribution is -0.293. The van der Waals surface area contributed by atoms with E-state index < -0.39 is 0 Å². The zero-order valence-electron chi connectivity index (χ0n) is 8.03. The molecule has 0 heterocycles. The van der Waals surface area contributed by atoms with Gasteiger partial charge in [0.2, 0.25) is 0 Å². The van der Waals surface area contributed by atoms with Crippen LogP contribution in [0.3, 0.4) is 0 Å². The van der Waals surface area contributed by atoms with Crippen molar-refractivity contribution in [1.82, 2.24) is 0 Å². The van der Waals surface area contributed by atoms with Gasteiger partial charge in [-0.1, -0.05) is 37.3 Å². The van der Waals surface area contributed by atoms with Gasteiger partial charge in [-0.05, 0) is 18.4 Å². The SMILES string of the molecule is CCCOOCCc1ccccc1. The predicted molar refractivity (Wildman–Crippen MR) is 52.3 cm³/mol. The van der Waals surface area contributed by atoms with E-state index in [1.165, 1.54) is 5.56 Å². The van der Waals surface area contributed by atoms with Crippen molar-refractivity contribution in [3.05, 3.63) is 35.9 Å². The van der Waals surface area contributed by atoms with E-state index in [1.807, 2.05) is 18.2 Å². The van der Waals surface area contributed by atoms with Crippen molar-refractivity contribution >= 4 is 0 Å². The molecule has 0 radical (unpaired) electrons. The highest BCUT2D eigenvalue weighted by Crippen LogP contribution is 1.99. The summed E-state index contributed by atoms with van der Waals surface area (Å²) in [6, 6.07) is 10.2. The summed E-state index contributed by atoms with van der Waals surface area (Å²) in [4.78, 5) is 9.88. The fourth-order valence-electron chi connectivity index (χ4n) is 1.01. The highest BCUT2D eigenvalue weighted by Gasteiger charge is 1.91. The van der Waals surface area contributed by atoms with E-state index in [2.05, 4.69) is 19.1 Å². The summed E-state index contributed by atoms with van der Waals surface area (Å²) in [5, 5.41) is 0. The van der Waals surface area contributed by atoms with Crippen LogP contribution in [0.25, 0.3) is 0 Å². The Kier molecular flexibility index (Phi) is 5.22. The molecule has 0 saturated heterocycles. The van der Waals surface area contributed by atoms with E-state index >= 15 is 0 Å². The summed E-state index contributed by atoms with van der Waals surface area (Å²) in [5.41, 5.74) is 1.28. The summed E-state index contributed by atoms with van der Waals surface area (Å²) in [6.45, 7) is 3.36. The molecule has 0 unspecified atom stereocenters. The molecule has 0 saturated carbocycles. The normalized spacial score (nSPS) is 10.2. The van der Waals surface area contributed by atoms with Crippen LogP contribution in [-0.4, -0.2) is 13.2 Å². The fourth-order valence-corrected chi connectivity index (χ4v) is 1.01. The fraction of sp³-hybridized carbons (Fsp3) is 0.455. The standard InChI is InChI=1S/C11H16O2/c1-2-9-12-13-10-8-11-6-4-3-5-7-11/h3-7H,2,8-10H2,1H3. The average Bonchev–Trinajstić information content (AvgIpc) is 2.19. The zero-order chi connectivity index (χ0) is 9.36. The molecule has 0 amide bonds. The Morgan fingerprint density at radius 3 is 2.38 bits per heavy atom. The molecule has 2 heteroatoms. The van der Waals surface area contributed by atoms with Crippen molar-refractivity contribution < 1.29 is 9.78 Å². The van der Waals surface area contributed by atoms with E-state index in [-0.39, 0.29) is 0 Å². The Morgan fingerprint density at radius 2 is 1.69 bits per heavy atom. The van der Waals surface area contributed by atoms with Crippen molar-refractivity contribution in [3.63, 3.8) is 0 Å². The van der Waals surface area contributed by atoms with Crippen molar-refractivity contribution in [3.8, 4) is 0 Å². The number of hydrogen-bond donors (Lipinski definition) is 0. The van der Waals surface area contributed by atoms with Gasteiger partial charge in [0.05, 0.1) is 13.2 Å². The molecule has 0 aliphatic heterocycles. The van der Waals surface area contributed by atoms with Gasteiger partial charge < -0.3 is 0 Å². The first-order valence-electron chi connectivity index (χ1n) is 4.72. The molecule has 2 nitrogen and oxygen atoms in total. The second kappa shape index (κ2) is 6.63. The van der Waals surface area contributed by atoms with E-state index in [1.54, 1.807) is 0 Å². The second-order valence-electron chi connectivity index (χ2n) is 2.88. The van der Waals surface area contributed by atoms with Gasteiger partial charge in [-0.2, -0.15) is 0 Å². The molecule has 0 bridgehead atoms. The topological polar surface area (TPSA) is 18.5 Å². The largest absolute Gasteiger partial charge is 0.237 e. The van der Waals surface area contributed by atoms with Crippen LogP contribution < -0.4 is 0 Å². The lowest BCUT2D eigenvalue weighted by Gasteiger charge is -2.02. The third kappa shape index (κ3) is 4.65. The van der Waals surface area contributed by atoms with Gasteiger partial charge in [0.15, 0.2) is 0 Å². The highest BCUT2D eigenvalue weighted by molar-refractivity contribution is 5.14. The number of benzene rings is 1. The third-order valence-corrected chi connectivity index (χ3v) is 1.69. The van der Waals surface area contributed by atoms with Crippen molar-refractivity contribution in [1.29, 1.82) is 0 Å². The molecule has 1 aromatic carbocycles. The maximum atomic E-state index is 4.98. The summed E-state index contributed by atoms with van der Waals surface area (Å²) < 4.78 is 0. The van der Waals surface area contributed by atoms with Crippen molar-refractivity contribution in [2.24, 2.45) is 0 Å². The third-order valence-electron chi connectivity index (χ3n) is 1.69. The minimum Gasteiger partial charge on any atom is -0.237 e. The van der Waals surface area contributed by atoms with E-state index in [0.29, 0.717) is 13.2 Å². The number of hydrogen-bond acceptors (Lipinski definition) is 2. The quantitative estimate of drug-likeness (QED) is 0.380. The summed E-state index contributed by atoms with van der Waals surface area (Å²) in [7, 11) is 0. The molecule has 0 fully saturated rings. The average molecular weight is 180 g/mol. The smallest absolute Gasteiger partial charge is 0.0862 e. The minimum atomic E-state index is 0.629. The molecule has 1 rings (SSSR count). The van der Waals surface area contributed by atoms with E-state index in [0.717, 1.165) is 12.8 Å². The highest BCUT2D eigenvalue weighted by atomic mass is 17.2. The lowest BCUT2D eigenvalue weighted by Crippen LogP contribution is -2.00. The molecule has 0 atom stereocenters. The molecule has 0 spiro atoms. The van der Waals surface area contributed by atoms with Crippen LogP contribution in [0.1, 0.15) is 18.9 Å². The second-order valence-corrected chi connectivity index (χ2v) is 2.88. The van der Waals surface area contributed by atoms with Gasteiger partial charge >= 0.3 is 0 Å². The molecule has 0 N–H and O–H groups in total. The summed E-state index contributed by atoms with van der Waals surface area (Å²) in [6.07, 6.45) is 1.90. The minimum absolute atomic E-state index is 0.629. The first-order valence-corrected chi connectivity index (χ1v) is 4.72. The molecule has 0 aliphatic carbocycles. The molecule has 13 heavy (non-hydrogen) atoms. The van der Waals surface area contributed by atoms with Crippen LogP contribution in [-0.2, 0) is 16.2 Å². The maximum Gasteiger partial charge on any atom is 0.0862 e. The molecule has 72 valence electrons.